The summed E-state index contributed by atoms with van der Waals surface area (Å²) in [7, 11) is 1.64. The van der Waals surface area contributed by atoms with Crippen molar-refractivity contribution in [2.75, 3.05) is 26.7 Å². The fraction of sp³-hybridized carbons (Fsp3) is 0.652. The van der Waals surface area contributed by atoms with Crippen LogP contribution < -0.4 is 4.74 Å². The molecule has 5 nitrogen and oxygen atoms in total. The summed E-state index contributed by atoms with van der Waals surface area (Å²) in [6, 6.07) is 7.46. The van der Waals surface area contributed by atoms with Crippen molar-refractivity contribution in [1.29, 1.82) is 0 Å². The molecule has 5 heteroatoms. The Balaban J connectivity index is 1.76. The molecule has 2 aliphatic rings. The largest absolute Gasteiger partial charge is 0.497 e. The Labute approximate surface area is 169 Å². The summed E-state index contributed by atoms with van der Waals surface area (Å²) in [6.45, 7) is 8.72. The first-order valence-corrected chi connectivity index (χ1v) is 10.7. The first-order chi connectivity index (χ1) is 13.4. The minimum Gasteiger partial charge on any atom is -0.497 e. The van der Waals surface area contributed by atoms with Gasteiger partial charge in [0.05, 0.1) is 13.0 Å². The van der Waals surface area contributed by atoms with E-state index in [1.807, 2.05) is 34.1 Å². The quantitative estimate of drug-likeness (QED) is 0.776. The highest BCUT2D eigenvalue weighted by Gasteiger charge is 2.40. The van der Waals surface area contributed by atoms with Gasteiger partial charge in [-0.25, -0.2) is 0 Å². The summed E-state index contributed by atoms with van der Waals surface area (Å²) in [5, 5.41) is 0. The monoisotopic (exact) mass is 386 g/mol. The van der Waals surface area contributed by atoms with Gasteiger partial charge in [0.1, 0.15) is 11.8 Å². The van der Waals surface area contributed by atoms with Crippen molar-refractivity contribution in [1.82, 2.24) is 9.80 Å². The Kier molecular flexibility index (Phi) is 6.63. The van der Waals surface area contributed by atoms with E-state index in [4.69, 9.17) is 4.74 Å². The molecule has 0 radical (unpaired) electrons. The summed E-state index contributed by atoms with van der Waals surface area (Å²) in [5.74, 6) is 1.63. The van der Waals surface area contributed by atoms with E-state index in [0.717, 1.165) is 50.1 Å². The summed E-state index contributed by atoms with van der Waals surface area (Å²) in [5.41, 5.74) is 0.991. The Morgan fingerprint density at radius 3 is 2.25 bits per heavy atom. The van der Waals surface area contributed by atoms with Gasteiger partial charge in [0, 0.05) is 19.6 Å². The normalized spacial score (nSPS) is 21.8. The van der Waals surface area contributed by atoms with Gasteiger partial charge in [0.15, 0.2) is 0 Å². The molecule has 28 heavy (non-hydrogen) atoms. The summed E-state index contributed by atoms with van der Waals surface area (Å²) >= 11 is 0. The standard InChI is InChI=1S/C23H34N2O3/c1-16(2)21(18-7-9-19(28-4)10-8-18)23(27)25-13-5-6-20(25)22(26)24-14-11-17(3)12-15-24/h7-10,16-17,20-21H,5-6,11-15H2,1-4H3/t20-,21?/m0/s1. The third-order valence-electron chi connectivity index (χ3n) is 6.32. The van der Waals surface area contributed by atoms with Crippen molar-refractivity contribution in [3.05, 3.63) is 29.8 Å². The number of carbonyl (C=O) groups excluding carboxylic acids is 2. The van der Waals surface area contributed by atoms with Crippen LogP contribution in [0.5, 0.6) is 5.75 Å². The van der Waals surface area contributed by atoms with Crippen molar-refractivity contribution < 1.29 is 14.3 Å². The van der Waals surface area contributed by atoms with Gasteiger partial charge in [-0.1, -0.05) is 32.9 Å². The SMILES string of the molecule is COc1ccc(C(C(=O)N2CCC[C@H]2C(=O)N2CCC(C)CC2)C(C)C)cc1. The van der Waals surface area contributed by atoms with E-state index >= 15 is 0 Å². The lowest BCUT2D eigenvalue weighted by Crippen LogP contribution is -2.51. The molecule has 0 bridgehead atoms. The topological polar surface area (TPSA) is 49.9 Å². The summed E-state index contributed by atoms with van der Waals surface area (Å²) in [4.78, 5) is 30.5. The smallest absolute Gasteiger partial charge is 0.245 e. The van der Waals surface area contributed by atoms with E-state index in [-0.39, 0.29) is 29.7 Å². The first kappa shape index (κ1) is 20.7. The van der Waals surface area contributed by atoms with Crippen LogP contribution in [0.2, 0.25) is 0 Å². The lowest BCUT2D eigenvalue weighted by Gasteiger charge is -2.36. The van der Waals surface area contributed by atoms with Gasteiger partial charge in [-0.3, -0.25) is 9.59 Å². The average molecular weight is 387 g/mol. The second-order valence-corrected chi connectivity index (χ2v) is 8.69. The molecular formula is C23H34N2O3. The van der Waals surface area contributed by atoms with Gasteiger partial charge in [-0.05, 0) is 55.2 Å². The zero-order valence-corrected chi connectivity index (χ0v) is 17.7. The van der Waals surface area contributed by atoms with Crippen LogP contribution in [0, 0.1) is 11.8 Å². The molecule has 2 fully saturated rings. The number of ether oxygens (including phenoxy) is 1. The molecule has 0 spiro atoms. The number of benzene rings is 1. The second kappa shape index (κ2) is 8.97. The number of amides is 2. The molecule has 1 unspecified atom stereocenters. The fourth-order valence-corrected chi connectivity index (χ4v) is 4.53. The van der Waals surface area contributed by atoms with Crippen LogP contribution in [0.25, 0.3) is 0 Å². The van der Waals surface area contributed by atoms with E-state index < -0.39 is 0 Å². The van der Waals surface area contributed by atoms with Gasteiger partial charge in [0.2, 0.25) is 11.8 Å². The molecule has 154 valence electrons. The molecule has 0 saturated carbocycles. The Hall–Kier alpha value is -2.04. The van der Waals surface area contributed by atoms with Crippen LogP contribution in [0.3, 0.4) is 0 Å². The number of rotatable bonds is 5. The number of methoxy groups -OCH3 is 1. The van der Waals surface area contributed by atoms with Crippen molar-refractivity contribution in [2.45, 2.75) is 58.4 Å². The van der Waals surface area contributed by atoms with Crippen molar-refractivity contribution in [3.8, 4) is 5.75 Å². The van der Waals surface area contributed by atoms with Crippen molar-refractivity contribution in [2.24, 2.45) is 11.8 Å². The number of nitrogens with zero attached hydrogens (tertiary/aromatic N) is 2. The molecule has 2 heterocycles. The third kappa shape index (κ3) is 4.34. The highest BCUT2D eigenvalue weighted by molar-refractivity contribution is 5.91. The van der Waals surface area contributed by atoms with Gasteiger partial charge in [-0.2, -0.15) is 0 Å². The number of piperidine rings is 1. The van der Waals surface area contributed by atoms with E-state index in [0.29, 0.717) is 12.5 Å². The zero-order chi connectivity index (χ0) is 20.3. The van der Waals surface area contributed by atoms with Crippen LogP contribution in [-0.2, 0) is 9.59 Å². The number of carbonyl (C=O) groups is 2. The van der Waals surface area contributed by atoms with Crippen molar-refractivity contribution in [3.63, 3.8) is 0 Å². The Morgan fingerprint density at radius 2 is 1.68 bits per heavy atom. The number of hydrogen-bond acceptors (Lipinski definition) is 3. The van der Waals surface area contributed by atoms with E-state index in [9.17, 15) is 9.59 Å². The third-order valence-corrected chi connectivity index (χ3v) is 6.32. The van der Waals surface area contributed by atoms with Gasteiger partial charge in [0.25, 0.3) is 0 Å². The molecule has 1 aromatic carbocycles. The molecular weight excluding hydrogens is 352 g/mol. The lowest BCUT2D eigenvalue weighted by atomic mass is 9.87. The highest BCUT2D eigenvalue weighted by atomic mass is 16.5. The number of hydrogen-bond donors (Lipinski definition) is 0. The number of likely N-dealkylation sites (tertiary alicyclic amines) is 2. The highest BCUT2D eigenvalue weighted by Crippen LogP contribution is 2.32. The molecule has 0 N–H and O–H groups in total. The lowest BCUT2D eigenvalue weighted by molar-refractivity contribution is -0.146. The van der Waals surface area contributed by atoms with Crippen LogP contribution in [0.15, 0.2) is 24.3 Å². The molecule has 2 saturated heterocycles. The first-order valence-electron chi connectivity index (χ1n) is 10.7. The van der Waals surface area contributed by atoms with E-state index in [1.165, 1.54) is 0 Å². The molecule has 2 aliphatic heterocycles. The summed E-state index contributed by atoms with van der Waals surface area (Å²) < 4.78 is 5.25. The zero-order valence-electron chi connectivity index (χ0n) is 17.7. The van der Waals surface area contributed by atoms with Crippen LogP contribution in [-0.4, -0.2) is 54.4 Å². The predicted molar refractivity (Wildman–Crippen MR) is 110 cm³/mol. The fourth-order valence-electron chi connectivity index (χ4n) is 4.53. The van der Waals surface area contributed by atoms with E-state index in [1.54, 1.807) is 7.11 Å². The Bertz CT molecular complexity index is 678. The molecule has 3 rings (SSSR count). The van der Waals surface area contributed by atoms with Gasteiger partial charge >= 0.3 is 0 Å². The minimum atomic E-state index is -0.291. The maximum atomic E-state index is 13.5. The van der Waals surface area contributed by atoms with Crippen LogP contribution in [0.1, 0.15) is 57.9 Å². The maximum Gasteiger partial charge on any atom is 0.245 e. The molecule has 2 atom stereocenters. The van der Waals surface area contributed by atoms with Crippen molar-refractivity contribution >= 4 is 11.8 Å². The van der Waals surface area contributed by atoms with Gasteiger partial charge in [-0.15, -0.1) is 0 Å². The minimum absolute atomic E-state index is 0.0846. The molecule has 0 aromatic heterocycles. The molecule has 1 aromatic rings. The van der Waals surface area contributed by atoms with Crippen LogP contribution in [0.4, 0.5) is 0 Å². The Morgan fingerprint density at radius 1 is 1.04 bits per heavy atom. The second-order valence-electron chi connectivity index (χ2n) is 8.69. The molecule has 0 aliphatic carbocycles. The van der Waals surface area contributed by atoms with Gasteiger partial charge < -0.3 is 14.5 Å². The van der Waals surface area contributed by atoms with Crippen LogP contribution >= 0.6 is 0 Å². The summed E-state index contributed by atoms with van der Waals surface area (Å²) in [6.07, 6.45) is 3.81. The predicted octanol–water partition coefficient (Wildman–Crippen LogP) is 3.68. The van der Waals surface area contributed by atoms with E-state index in [2.05, 4.69) is 20.8 Å². The molecule has 2 amide bonds. The average Bonchev–Trinajstić information content (AvgIpc) is 3.18. The maximum absolute atomic E-state index is 13.5.